The lowest BCUT2D eigenvalue weighted by Crippen LogP contribution is -2.38. The number of hydrogen-bond acceptors (Lipinski definition) is 5. The third-order valence-electron chi connectivity index (χ3n) is 5.76. The minimum absolute atomic E-state index is 0.101. The van der Waals surface area contributed by atoms with Crippen LogP contribution in [0.4, 0.5) is 5.82 Å². The van der Waals surface area contributed by atoms with Crippen molar-refractivity contribution in [2.45, 2.75) is 31.3 Å². The predicted molar refractivity (Wildman–Crippen MR) is 106 cm³/mol. The first kappa shape index (κ1) is 17.9. The second kappa shape index (κ2) is 7.64. The Balaban J connectivity index is 1.43. The van der Waals surface area contributed by atoms with Gasteiger partial charge in [0.25, 0.3) is 5.91 Å². The summed E-state index contributed by atoms with van der Waals surface area (Å²) < 4.78 is 0. The highest BCUT2D eigenvalue weighted by Crippen LogP contribution is 2.34. The fraction of sp³-hybridized carbons (Fsp3) is 0.476. The summed E-state index contributed by atoms with van der Waals surface area (Å²) in [6.07, 6.45) is 6.73. The minimum Gasteiger partial charge on any atom is -0.351 e. The standard InChI is InChI=1S/C21H27N5O/c1-24(2)21(27)17-14-22-15-20(23-17)26-13-10-18-19(26)9-12-25(18)11-8-16-6-4-3-5-7-16/h3-7,14-15,18-19H,8-13H2,1-2H3/t18-,19-/m0/s1. The summed E-state index contributed by atoms with van der Waals surface area (Å²) in [5, 5.41) is 0. The van der Waals surface area contributed by atoms with Gasteiger partial charge in [0.1, 0.15) is 11.5 Å². The Morgan fingerprint density at radius 1 is 1.11 bits per heavy atom. The lowest BCUT2D eigenvalue weighted by Gasteiger charge is -2.26. The van der Waals surface area contributed by atoms with Gasteiger partial charge in [-0.3, -0.25) is 14.7 Å². The highest BCUT2D eigenvalue weighted by molar-refractivity contribution is 5.91. The zero-order valence-electron chi connectivity index (χ0n) is 16.1. The average Bonchev–Trinajstić information content (AvgIpc) is 3.29. The molecule has 1 aromatic carbocycles. The SMILES string of the molecule is CN(C)C(=O)c1cncc(N2CC[C@H]3[C@@H]2CCN3CCc2ccccc2)n1. The molecule has 2 aromatic rings. The van der Waals surface area contributed by atoms with Crippen LogP contribution in [-0.4, -0.2) is 71.5 Å². The minimum atomic E-state index is -0.101. The van der Waals surface area contributed by atoms with Crippen molar-refractivity contribution >= 4 is 11.7 Å². The van der Waals surface area contributed by atoms with E-state index in [1.165, 1.54) is 5.56 Å². The van der Waals surface area contributed by atoms with E-state index in [1.54, 1.807) is 31.4 Å². The fourth-order valence-electron chi connectivity index (χ4n) is 4.38. The third-order valence-corrected chi connectivity index (χ3v) is 5.76. The van der Waals surface area contributed by atoms with Crippen LogP contribution in [0.1, 0.15) is 28.9 Å². The first-order valence-electron chi connectivity index (χ1n) is 9.72. The van der Waals surface area contributed by atoms with Gasteiger partial charge in [0.2, 0.25) is 0 Å². The quantitative estimate of drug-likeness (QED) is 0.812. The molecule has 3 heterocycles. The highest BCUT2D eigenvalue weighted by atomic mass is 16.2. The topological polar surface area (TPSA) is 52.6 Å². The molecule has 0 saturated carbocycles. The number of hydrogen-bond donors (Lipinski definition) is 0. The molecule has 2 fully saturated rings. The average molecular weight is 365 g/mol. The largest absolute Gasteiger partial charge is 0.351 e. The van der Waals surface area contributed by atoms with Crippen molar-refractivity contribution in [3.05, 3.63) is 54.0 Å². The van der Waals surface area contributed by atoms with Crippen LogP contribution in [0.2, 0.25) is 0 Å². The molecule has 0 unspecified atom stereocenters. The van der Waals surface area contributed by atoms with Crippen LogP contribution in [-0.2, 0) is 6.42 Å². The first-order chi connectivity index (χ1) is 13.1. The van der Waals surface area contributed by atoms with Crippen molar-refractivity contribution in [1.29, 1.82) is 0 Å². The monoisotopic (exact) mass is 365 g/mol. The van der Waals surface area contributed by atoms with E-state index < -0.39 is 0 Å². The van der Waals surface area contributed by atoms with E-state index in [-0.39, 0.29) is 5.91 Å². The molecule has 2 aliphatic heterocycles. The number of likely N-dealkylation sites (tertiary alicyclic amines) is 1. The lowest BCUT2D eigenvalue weighted by molar-refractivity contribution is 0.0821. The van der Waals surface area contributed by atoms with Gasteiger partial charge in [0, 0.05) is 45.8 Å². The summed E-state index contributed by atoms with van der Waals surface area (Å²) in [5.74, 6) is 0.733. The highest BCUT2D eigenvalue weighted by Gasteiger charge is 2.42. The molecule has 0 aliphatic carbocycles. The van der Waals surface area contributed by atoms with Crippen molar-refractivity contribution < 1.29 is 4.79 Å². The van der Waals surface area contributed by atoms with Gasteiger partial charge in [-0.1, -0.05) is 30.3 Å². The van der Waals surface area contributed by atoms with Crippen molar-refractivity contribution in [3.8, 4) is 0 Å². The number of fused-ring (bicyclic) bond motifs is 1. The van der Waals surface area contributed by atoms with Crippen LogP contribution in [0, 0.1) is 0 Å². The summed E-state index contributed by atoms with van der Waals surface area (Å²) in [7, 11) is 3.48. The van der Waals surface area contributed by atoms with Crippen LogP contribution >= 0.6 is 0 Å². The molecule has 2 aliphatic rings. The van der Waals surface area contributed by atoms with Gasteiger partial charge in [0.15, 0.2) is 0 Å². The molecule has 1 aromatic heterocycles. The maximum absolute atomic E-state index is 12.2. The maximum atomic E-state index is 12.2. The Bertz CT molecular complexity index is 794. The number of anilines is 1. The zero-order chi connectivity index (χ0) is 18.8. The molecule has 0 radical (unpaired) electrons. The van der Waals surface area contributed by atoms with Gasteiger partial charge >= 0.3 is 0 Å². The Hall–Kier alpha value is -2.47. The molecule has 6 nitrogen and oxygen atoms in total. The number of carbonyl (C=O) groups is 1. The second-order valence-corrected chi connectivity index (χ2v) is 7.64. The number of carbonyl (C=O) groups excluding carboxylic acids is 1. The Morgan fingerprint density at radius 2 is 1.89 bits per heavy atom. The molecule has 2 atom stereocenters. The van der Waals surface area contributed by atoms with Gasteiger partial charge < -0.3 is 9.80 Å². The molecule has 142 valence electrons. The number of aromatic nitrogens is 2. The number of amides is 1. The van der Waals surface area contributed by atoms with E-state index in [0.29, 0.717) is 17.8 Å². The third kappa shape index (κ3) is 3.67. The van der Waals surface area contributed by atoms with E-state index >= 15 is 0 Å². The summed E-state index contributed by atoms with van der Waals surface area (Å²) in [5.41, 5.74) is 1.82. The molecule has 0 bridgehead atoms. The van der Waals surface area contributed by atoms with Gasteiger partial charge in [-0.05, 0) is 24.8 Å². The van der Waals surface area contributed by atoms with E-state index in [4.69, 9.17) is 0 Å². The molecule has 0 N–H and O–H groups in total. The van der Waals surface area contributed by atoms with Gasteiger partial charge in [0.05, 0.1) is 12.4 Å². The smallest absolute Gasteiger partial charge is 0.273 e. The lowest BCUT2D eigenvalue weighted by atomic mass is 10.1. The second-order valence-electron chi connectivity index (χ2n) is 7.64. The van der Waals surface area contributed by atoms with Crippen molar-refractivity contribution in [3.63, 3.8) is 0 Å². The van der Waals surface area contributed by atoms with Gasteiger partial charge in [-0.15, -0.1) is 0 Å². The van der Waals surface area contributed by atoms with Crippen LogP contribution in [0.3, 0.4) is 0 Å². The molecular weight excluding hydrogens is 338 g/mol. The van der Waals surface area contributed by atoms with Gasteiger partial charge in [-0.2, -0.15) is 0 Å². The summed E-state index contributed by atoms with van der Waals surface area (Å²) in [6.45, 7) is 3.21. The molecule has 0 spiro atoms. The predicted octanol–water partition coefficient (Wildman–Crippen LogP) is 2.07. The van der Waals surface area contributed by atoms with E-state index in [0.717, 1.165) is 44.7 Å². The van der Waals surface area contributed by atoms with Crippen molar-refractivity contribution in [2.24, 2.45) is 0 Å². The normalized spacial score (nSPS) is 22.1. The van der Waals surface area contributed by atoms with Crippen LogP contribution in [0.15, 0.2) is 42.7 Å². The summed E-state index contributed by atoms with van der Waals surface area (Å²) >= 11 is 0. The number of rotatable bonds is 5. The number of nitrogens with zero attached hydrogens (tertiary/aromatic N) is 5. The van der Waals surface area contributed by atoms with Crippen molar-refractivity contribution in [1.82, 2.24) is 19.8 Å². The molecule has 27 heavy (non-hydrogen) atoms. The van der Waals surface area contributed by atoms with Crippen LogP contribution in [0.25, 0.3) is 0 Å². The fourth-order valence-corrected chi connectivity index (χ4v) is 4.38. The van der Waals surface area contributed by atoms with Crippen LogP contribution in [0.5, 0.6) is 0 Å². The maximum Gasteiger partial charge on any atom is 0.273 e. The number of benzene rings is 1. The molecule has 6 heteroatoms. The molecular formula is C21H27N5O. The Kier molecular flexibility index (Phi) is 5.07. The van der Waals surface area contributed by atoms with E-state index in [1.807, 2.05) is 0 Å². The van der Waals surface area contributed by atoms with Crippen LogP contribution < -0.4 is 4.90 Å². The Morgan fingerprint density at radius 3 is 2.67 bits per heavy atom. The summed E-state index contributed by atoms with van der Waals surface area (Å²) in [4.78, 5) is 27.6. The van der Waals surface area contributed by atoms with E-state index in [2.05, 4.69) is 50.1 Å². The van der Waals surface area contributed by atoms with Crippen molar-refractivity contribution in [2.75, 3.05) is 38.6 Å². The first-order valence-corrected chi connectivity index (χ1v) is 9.72. The molecule has 4 rings (SSSR count). The van der Waals surface area contributed by atoms with Gasteiger partial charge in [-0.25, -0.2) is 4.98 Å². The molecule has 2 saturated heterocycles. The Labute approximate surface area is 160 Å². The molecule has 1 amide bonds. The summed E-state index contributed by atoms with van der Waals surface area (Å²) in [6, 6.07) is 11.7. The van der Waals surface area contributed by atoms with E-state index in [9.17, 15) is 4.79 Å². The zero-order valence-corrected chi connectivity index (χ0v) is 16.1.